The highest BCUT2D eigenvalue weighted by Crippen LogP contribution is 2.13. The molecule has 2 heterocycles. The molecule has 2 rings (SSSR count). The van der Waals surface area contributed by atoms with Crippen molar-refractivity contribution in [3.05, 3.63) is 24.0 Å². The molecule has 1 unspecified atom stereocenters. The van der Waals surface area contributed by atoms with Gasteiger partial charge in [-0.25, -0.2) is 13.1 Å². The first-order valence-corrected chi connectivity index (χ1v) is 8.52. The van der Waals surface area contributed by atoms with E-state index in [1.54, 1.807) is 6.07 Å². The molecular weight excluding hydrogens is 292 g/mol. The van der Waals surface area contributed by atoms with Crippen LogP contribution in [-0.2, 0) is 21.3 Å². The fraction of sp³-hybridized carbons (Fsp3) is 0.615. The summed E-state index contributed by atoms with van der Waals surface area (Å²) in [6.07, 6.45) is 1.40. The maximum atomic E-state index is 12.3. The molecule has 7 nitrogen and oxygen atoms in total. The van der Waals surface area contributed by atoms with Crippen LogP contribution < -0.4 is 10.5 Å². The van der Waals surface area contributed by atoms with Gasteiger partial charge in [-0.15, -0.1) is 0 Å². The van der Waals surface area contributed by atoms with Gasteiger partial charge in [0.25, 0.3) is 0 Å². The summed E-state index contributed by atoms with van der Waals surface area (Å²) >= 11 is 0. The number of nitrogens with two attached hydrogens (primary N) is 1. The van der Waals surface area contributed by atoms with E-state index in [4.69, 9.17) is 10.5 Å². The maximum absolute atomic E-state index is 12.3. The lowest BCUT2D eigenvalue weighted by Gasteiger charge is -2.32. The Hall–Kier alpha value is -1.06. The normalized spacial score (nSPS) is 20.6. The van der Waals surface area contributed by atoms with E-state index in [1.807, 2.05) is 0 Å². The predicted octanol–water partition coefficient (Wildman–Crippen LogP) is -0.461. The summed E-state index contributed by atoms with van der Waals surface area (Å²) in [4.78, 5) is 6.37. The van der Waals surface area contributed by atoms with Crippen LogP contribution in [0.25, 0.3) is 0 Å². The van der Waals surface area contributed by atoms with Crippen LogP contribution in [0, 0.1) is 0 Å². The number of likely N-dealkylation sites (N-methyl/N-ethyl adjacent to an activating group) is 1. The van der Waals surface area contributed by atoms with Gasteiger partial charge in [0.05, 0.1) is 18.4 Å². The Labute approximate surface area is 125 Å². The number of nitrogens with one attached hydrogen (secondary N) is 1. The van der Waals surface area contributed by atoms with Gasteiger partial charge in [-0.05, 0) is 18.7 Å². The van der Waals surface area contributed by atoms with Gasteiger partial charge in [-0.1, -0.05) is 6.92 Å². The minimum absolute atomic E-state index is 0.0840. The number of rotatable bonds is 6. The van der Waals surface area contributed by atoms with Gasteiger partial charge < -0.3 is 10.5 Å². The number of hydrogen-bond donors (Lipinski definition) is 2. The van der Waals surface area contributed by atoms with E-state index in [2.05, 4.69) is 21.5 Å². The van der Waals surface area contributed by atoms with Gasteiger partial charge in [-0.2, -0.15) is 0 Å². The van der Waals surface area contributed by atoms with Crippen molar-refractivity contribution in [2.24, 2.45) is 5.73 Å². The third-order valence-electron chi connectivity index (χ3n) is 3.50. The van der Waals surface area contributed by atoms with Crippen molar-refractivity contribution in [3.63, 3.8) is 0 Å². The summed E-state index contributed by atoms with van der Waals surface area (Å²) < 4.78 is 32.8. The van der Waals surface area contributed by atoms with Crippen molar-refractivity contribution in [2.45, 2.75) is 24.5 Å². The third-order valence-corrected chi connectivity index (χ3v) is 5.00. The molecule has 0 radical (unpaired) electrons. The van der Waals surface area contributed by atoms with E-state index in [-0.39, 0.29) is 24.1 Å². The molecule has 1 fully saturated rings. The van der Waals surface area contributed by atoms with Gasteiger partial charge >= 0.3 is 0 Å². The summed E-state index contributed by atoms with van der Waals surface area (Å²) in [5.74, 6) is 0. The van der Waals surface area contributed by atoms with Crippen LogP contribution in [0.2, 0.25) is 0 Å². The molecule has 0 spiro atoms. The van der Waals surface area contributed by atoms with Crippen molar-refractivity contribution in [1.82, 2.24) is 14.6 Å². The fourth-order valence-electron chi connectivity index (χ4n) is 2.29. The maximum Gasteiger partial charge on any atom is 0.242 e. The van der Waals surface area contributed by atoms with Gasteiger partial charge in [0.15, 0.2) is 0 Å². The molecule has 0 saturated carbocycles. The van der Waals surface area contributed by atoms with Crippen molar-refractivity contribution in [3.8, 4) is 0 Å². The Morgan fingerprint density at radius 1 is 1.57 bits per heavy atom. The number of pyridine rings is 1. The molecule has 8 heteroatoms. The topological polar surface area (TPSA) is 97.5 Å². The highest BCUT2D eigenvalue weighted by molar-refractivity contribution is 7.89. The Morgan fingerprint density at radius 2 is 2.38 bits per heavy atom. The molecule has 1 aliphatic rings. The Morgan fingerprint density at radius 3 is 3.10 bits per heavy atom. The van der Waals surface area contributed by atoms with E-state index in [0.29, 0.717) is 12.3 Å². The average molecular weight is 314 g/mol. The van der Waals surface area contributed by atoms with E-state index in [1.165, 1.54) is 12.3 Å². The smallest absolute Gasteiger partial charge is 0.242 e. The van der Waals surface area contributed by atoms with Crippen LogP contribution in [0.1, 0.15) is 12.6 Å². The fourth-order valence-corrected chi connectivity index (χ4v) is 3.56. The Kier molecular flexibility index (Phi) is 5.65. The van der Waals surface area contributed by atoms with Crippen LogP contribution >= 0.6 is 0 Å². The number of hydrogen-bond acceptors (Lipinski definition) is 6. The first kappa shape index (κ1) is 16.3. The summed E-state index contributed by atoms with van der Waals surface area (Å²) in [6.45, 7) is 5.59. The van der Waals surface area contributed by atoms with Crippen molar-refractivity contribution in [1.29, 1.82) is 0 Å². The number of ether oxygens (including phenoxy) is 1. The highest BCUT2D eigenvalue weighted by Gasteiger charge is 2.23. The Bertz CT molecular complexity index is 564. The monoisotopic (exact) mass is 314 g/mol. The van der Waals surface area contributed by atoms with Gasteiger partial charge in [0, 0.05) is 32.4 Å². The lowest BCUT2D eigenvalue weighted by Crippen LogP contribution is -2.47. The zero-order chi connectivity index (χ0) is 15.3. The highest BCUT2D eigenvalue weighted by atomic mass is 32.2. The summed E-state index contributed by atoms with van der Waals surface area (Å²) in [7, 11) is -3.62. The first-order chi connectivity index (χ1) is 10.1. The largest absolute Gasteiger partial charge is 0.374 e. The molecule has 0 aromatic carbocycles. The molecule has 1 atom stereocenters. The van der Waals surface area contributed by atoms with Crippen molar-refractivity contribution < 1.29 is 13.2 Å². The zero-order valence-electron chi connectivity index (χ0n) is 12.2. The first-order valence-electron chi connectivity index (χ1n) is 7.04. The second-order valence-electron chi connectivity index (χ2n) is 4.89. The number of nitrogens with zero attached hydrogens (tertiary/aromatic N) is 2. The molecule has 3 N–H and O–H groups in total. The zero-order valence-corrected chi connectivity index (χ0v) is 13.0. The van der Waals surface area contributed by atoms with Crippen LogP contribution in [0.3, 0.4) is 0 Å². The molecule has 1 aliphatic heterocycles. The number of sulfonamides is 1. The second kappa shape index (κ2) is 7.28. The average Bonchev–Trinajstić information content (AvgIpc) is 2.53. The van der Waals surface area contributed by atoms with Crippen LogP contribution in [-0.4, -0.2) is 57.2 Å². The quantitative estimate of drug-likeness (QED) is 0.737. The molecule has 0 amide bonds. The third kappa shape index (κ3) is 4.21. The molecule has 1 aromatic heterocycles. The van der Waals surface area contributed by atoms with Gasteiger partial charge in [0.2, 0.25) is 10.0 Å². The summed E-state index contributed by atoms with van der Waals surface area (Å²) in [5.41, 5.74) is 5.90. The lowest BCUT2D eigenvalue weighted by atomic mass is 10.3. The van der Waals surface area contributed by atoms with Crippen LogP contribution in [0.15, 0.2) is 23.2 Å². The minimum atomic E-state index is -3.62. The van der Waals surface area contributed by atoms with Gasteiger partial charge in [0.1, 0.15) is 4.90 Å². The van der Waals surface area contributed by atoms with Gasteiger partial charge in [-0.3, -0.25) is 9.88 Å². The molecule has 1 aromatic rings. The molecular formula is C13H22N4O3S. The SMILES string of the molecule is CCN1CCOC(CNS(=O)(=O)c2cccnc2CN)C1. The molecule has 1 saturated heterocycles. The molecule has 0 aliphatic carbocycles. The predicted molar refractivity (Wildman–Crippen MR) is 79.2 cm³/mol. The summed E-state index contributed by atoms with van der Waals surface area (Å²) in [6, 6.07) is 3.10. The van der Waals surface area contributed by atoms with Crippen molar-refractivity contribution >= 4 is 10.0 Å². The second-order valence-corrected chi connectivity index (χ2v) is 6.63. The molecule has 0 bridgehead atoms. The van der Waals surface area contributed by atoms with E-state index in [0.717, 1.165) is 19.6 Å². The van der Waals surface area contributed by atoms with Crippen molar-refractivity contribution in [2.75, 3.05) is 32.8 Å². The Balaban J connectivity index is 2.01. The number of aromatic nitrogens is 1. The standard InChI is InChI=1S/C13H22N4O3S/c1-2-17-6-7-20-11(10-17)9-16-21(18,19)13-4-3-5-15-12(13)8-14/h3-5,11,16H,2,6-10,14H2,1H3. The summed E-state index contributed by atoms with van der Waals surface area (Å²) in [5, 5.41) is 0. The van der Waals surface area contributed by atoms with Crippen LogP contribution in [0.4, 0.5) is 0 Å². The van der Waals surface area contributed by atoms with E-state index < -0.39 is 10.0 Å². The van der Waals surface area contributed by atoms with Crippen LogP contribution in [0.5, 0.6) is 0 Å². The number of morpholine rings is 1. The van der Waals surface area contributed by atoms with E-state index in [9.17, 15) is 8.42 Å². The lowest BCUT2D eigenvalue weighted by molar-refractivity contribution is -0.0229. The molecule has 21 heavy (non-hydrogen) atoms. The molecule has 118 valence electrons. The van der Waals surface area contributed by atoms with E-state index >= 15 is 0 Å². The minimum Gasteiger partial charge on any atom is -0.374 e.